The van der Waals surface area contributed by atoms with Crippen LogP contribution in [0.3, 0.4) is 0 Å². The molecule has 0 fully saturated rings. The monoisotopic (exact) mass is 238 g/mol. The van der Waals surface area contributed by atoms with E-state index in [0.29, 0.717) is 0 Å². The Hall–Kier alpha value is -1.15. The number of carboxylic acid groups (broad SMARTS) is 1. The predicted molar refractivity (Wildman–Crippen MR) is 53.0 cm³/mol. The highest BCUT2D eigenvalue weighted by Crippen LogP contribution is 1.92. The molecule has 0 radical (unpaired) electrons. The number of primary amides is 1. The predicted octanol–water partition coefficient (Wildman–Crippen LogP) is -2.05. The van der Waals surface area contributed by atoms with Crippen molar-refractivity contribution in [1.29, 1.82) is 0 Å². The molecule has 0 atom stereocenters. The van der Waals surface area contributed by atoms with Crippen LogP contribution in [0, 0.1) is 0 Å². The summed E-state index contributed by atoms with van der Waals surface area (Å²) in [4.78, 5) is 20.4. The zero-order chi connectivity index (χ0) is 11.9. The van der Waals surface area contributed by atoms with Gasteiger partial charge in [-0.15, -0.1) is 0 Å². The van der Waals surface area contributed by atoms with Crippen LogP contribution in [0.2, 0.25) is 0 Å². The fourth-order valence-corrected chi connectivity index (χ4v) is 1.95. The first-order valence-electron chi connectivity index (χ1n) is 4.25. The van der Waals surface area contributed by atoms with Gasteiger partial charge in [0.1, 0.15) is 0 Å². The second-order valence-electron chi connectivity index (χ2n) is 2.94. The molecule has 0 aliphatic heterocycles. The fraction of sp³-hybridized carbons (Fsp3) is 0.714. The summed E-state index contributed by atoms with van der Waals surface area (Å²) >= 11 is 0. The van der Waals surface area contributed by atoms with Crippen molar-refractivity contribution in [3.05, 3.63) is 0 Å². The third kappa shape index (κ3) is 9.16. The zero-order valence-corrected chi connectivity index (χ0v) is 8.92. The molecule has 15 heavy (non-hydrogen) atoms. The second kappa shape index (κ2) is 6.36. The summed E-state index contributed by atoms with van der Waals surface area (Å²) in [6, 6.07) is 0. The van der Waals surface area contributed by atoms with Crippen LogP contribution >= 0.6 is 0 Å². The van der Waals surface area contributed by atoms with E-state index in [1.807, 2.05) is 0 Å². The van der Waals surface area contributed by atoms with Crippen LogP contribution in [-0.4, -0.2) is 50.0 Å². The first-order valence-corrected chi connectivity index (χ1v) is 6.07. The lowest BCUT2D eigenvalue weighted by molar-refractivity contribution is -0.135. The first-order chi connectivity index (χ1) is 6.83. The van der Waals surface area contributed by atoms with Gasteiger partial charge in [0.2, 0.25) is 5.91 Å². The van der Waals surface area contributed by atoms with Crippen molar-refractivity contribution in [2.24, 2.45) is 5.73 Å². The number of carbonyl (C=O) groups excluding carboxylic acids is 1. The van der Waals surface area contributed by atoms with E-state index in [1.165, 1.54) is 0 Å². The third-order valence-electron chi connectivity index (χ3n) is 1.53. The van der Waals surface area contributed by atoms with Crippen molar-refractivity contribution in [2.45, 2.75) is 6.42 Å². The maximum atomic E-state index is 11.2. The molecular weight excluding hydrogens is 224 g/mol. The molecule has 0 rings (SSSR count). The molecule has 4 N–H and O–H groups in total. The summed E-state index contributed by atoms with van der Waals surface area (Å²) in [5.41, 5.74) is 4.80. The van der Waals surface area contributed by atoms with E-state index >= 15 is 0 Å². The topological polar surface area (TPSA) is 127 Å². The lowest BCUT2D eigenvalue weighted by atomic mass is 10.5. The number of carbonyl (C=O) groups is 2. The van der Waals surface area contributed by atoms with Gasteiger partial charge in [0, 0.05) is 13.0 Å². The van der Waals surface area contributed by atoms with Crippen LogP contribution in [-0.2, 0) is 19.4 Å². The van der Waals surface area contributed by atoms with E-state index in [1.54, 1.807) is 0 Å². The van der Waals surface area contributed by atoms with Crippen LogP contribution in [0.4, 0.5) is 0 Å². The number of aliphatic carboxylic acids is 1. The van der Waals surface area contributed by atoms with Crippen molar-refractivity contribution < 1.29 is 23.1 Å². The van der Waals surface area contributed by atoms with Gasteiger partial charge >= 0.3 is 5.97 Å². The molecule has 0 saturated heterocycles. The molecule has 0 aliphatic carbocycles. The molecule has 8 heteroatoms. The minimum Gasteiger partial charge on any atom is -0.480 e. The summed E-state index contributed by atoms with van der Waals surface area (Å²) in [7, 11) is -3.33. The number of amides is 1. The molecule has 0 heterocycles. The zero-order valence-electron chi connectivity index (χ0n) is 8.10. The van der Waals surface area contributed by atoms with Gasteiger partial charge in [-0.25, -0.2) is 8.42 Å². The van der Waals surface area contributed by atoms with Gasteiger partial charge in [0.05, 0.1) is 18.1 Å². The summed E-state index contributed by atoms with van der Waals surface area (Å²) in [6.07, 6.45) is -0.207. The molecule has 0 spiro atoms. The van der Waals surface area contributed by atoms with E-state index in [9.17, 15) is 18.0 Å². The number of nitrogens with one attached hydrogen (secondary N) is 1. The van der Waals surface area contributed by atoms with Gasteiger partial charge in [-0.3, -0.25) is 9.59 Å². The van der Waals surface area contributed by atoms with Gasteiger partial charge < -0.3 is 16.2 Å². The van der Waals surface area contributed by atoms with Crippen molar-refractivity contribution in [2.75, 3.05) is 24.6 Å². The number of hydrogen-bond donors (Lipinski definition) is 3. The Balaban J connectivity index is 3.75. The molecular formula is C7H14N2O5S. The lowest BCUT2D eigenvalue weighted by Gasteiger charge is -2.03. The first kappa shape index (κ1) is 13.8. The van der Waals surface area contributed by atoms with E-state index in [0.717, 1.165) is 0 Å². The highest BCUT2D eigenvalue weighted by atomic mass is 32.2. The number of nitrogens with two attached hydrogens (primary N) is 1. The van der Waals surface area contributed by atoms with Crippen molar-refractivity contribution in [3.8, 4) is 0 Å². The summed E-state index contributed by atoms with van der Waals surface area (Å²) in [5, 5.41) is 10.7. The summed E-state index contributed by atoms with van der Waals surface area (Å²) in [5.74, 6) is -2.22. The third-order valence-corrected chi connectivity index (χ3v) is 3.18. The normalized spacial score (nSPS) is 11.2. The Morgan fingerprint density at radius 2 is 1.87 bits per heavy atom. The van der Waals surface area contributed by atoms with Crippen LogP contribution in [0.25, 0.3) is 0 Å². The highest BCUT2D eigenvalue weighted by Gasteiger charge is 2.11. The molecule has 0 bridgehead atoms. The Bertz CT molecular complexity index is 324. The minimum atomic E-state index is -3.33. The number of rotatable bonds is 8. The standard InChI is InChI=1S/C7H14N2O5S/c8-6(10)1-3-15(13,14)4-2-9-5-7(11)12/h9H,1-5H2,(H2,8,10)(H,11,12). The molecule has 1 amide bonds. The highest BCUT2D eigenvalue weighted by molar-refractivity contribution is 7.91. The second-order valence-corrected chi connectivity index (χ2v) is 5.24. The molecule has 0 saturated carbocycles. The molecule has 88 valence electrons. The Labute approximate surface area is 87.6 Å². The van der Waals surface area contributed by atoms with Gasteiger partial charge in [-0.2, -0.15) is 0 Å². The summed E-state index contributed by atoms with van der Waals surface area (Å²) in [6.45, 7) is -0.237. The number of hydrogen-bond acceptors (Lipinski definition) is 5. The molecule has 0 aromatic heterocycles. The Kier molecular flexibility index (Phi) is 5.87. The van der Waals surface area contributed by atoms with Crippen LogP contribution < -0.4 is 11.1 Å². The van der Waals surface area contributed by atoms with Crippen LogP contribution in [0.1, 0.15) is 6.42 Å². The van der Waals surface area contributed by atoms with Crippen molar-refractivity contribution in [1.82, 2.24) is 5.32 Å². The van der Waals surface area contributed by atoms with E-state index in [4.69, 9.17) is 10.8 Å². The van der Waals surface area contributed by atoms with Gasteiger partial charge in [0.25, 0.3) is 0 Å². The Morgan fingerprint density at radius 1 is 1.27 bits per heavy atom. The molecule has 7 nitrogen and oxygen atoms in total. The smallest absolute Gasteiger partial charge is 0.317 e. The van der Waals surface area contributed by atoms with Crippen LogP contribution in [0.5, 0.6) is 0 Å². The molecule has 0 aromatic rings. The number of carboxylic acids is 1. The maximum absolute atomic E-state index is 11.2. The van der Waals surface area contributed by atoms with Gasteiger partial charge in [-0.05, 0) is 0 Å². The largest absolute Gasteiger partial charge is 0.480 e. The molecule has 0 unspecified atom stereocenters. The quantitative estimate of drug-likeness (QED) is 0.418. The van der Waals surface area contributed by atoms with E-state index < -0.39 is 21.7 Å². The Morgan fingerprint density at radius 3 is 2.33 bits per heavy atom. The van der Waals surface area contributed by atoms with Crippen LogP contribution in [0.15, 0.2) is 0 Å². The lowest BCUT2D eigenvalue weighted by Crippen LogP contribution is -2.29. The van der Waals surface area contributed by atoms with Gasteiger partial charge in [-0.1, -0.05) is 0 Å². The average molecular weight is 238 g/mol. The average Bonchev–Trinajstić information content (AvgIpc) is 2.09. The summed E-state index contributed by atoms with van der Waals surface area (Å²) < 4.78 is 22.4. The SMILES string of the molecule is NC(=O)CCS(=O)(=O)CCNCC(=O)O. The van der Waals surface area contributed by atoms with Crippen molar-refractivity contribution >= 4 is 21.7 Å². The van der Waals surface area contributed by atoms with Crippen molar-refractivity contribution in [3.63, 3.8) is 0 Å². The minimum absolute atomic E-state index is 0.0490. The molecule has 0 aliphatic rings. The van der Waals surface area contributed by atoms with E-state index in [2.05, 4.69) is 5.32 Å². The fourth-order valence-electron chi connectivity index (χ4n) is 0.781. The molecule has 0 aromatic carbocycles. The van der Waals surface area contributed by atoms with Gasteiger partial charge in [0.15, 0.2) is 9.84 Å². The van der Waals surface area contributed by atoms with E-state index in [-0.39, 0.29) is 31.0 Å². The number of sulfone groups is 1. The maximum Gasteiger partial charge on any atom is 0.317 e.